The summed E-state index contributed by atoms with van der Waals surface area (Å²) in [6, 6.07) is 10.1. The minimum atomic E-state index is -3.68. The first-order valence-corrected chi connectivity index (χ1v) is 11.5. The van der Waals surface area contributed by atoms with Gasteiger partial charge in [0.1, 0.15) is 9.46 Å². The van der Waals surface area contributed by atoms with Gasteiger partial charge in [-0.05, 0) is 40.6 Å². The highest BCUT2D eigenvalue weighted by Gasteiger charge is 2.31. The predicted molar refractivity (Wildman–Crippen MR) is 108 cm³/mol. The van der Waals surface area contributed by atoms with Gasteiger partial charge < -0.3 is 10.6 Å². The Balaban J connectivity index is 1.65. The lowest BCUT2D eigenvalue weighted by Crippen LogP contribution is -2.41. The number of amides is 2. The molecule has 0 fully saturated rings. The van der Waals surface area contributed by atoms with E-state index in [4.69, 9.17) is 0 Å². The van der Waals surface area contributed by atoms with E-state index < -0.39 is 26.9 Å². The van der Waals surface area contributed by atoms with E-state index in [1.807, 2.05) is 0 Å². The third-order valence-corrected chi connectivity index (χ3v) is 8.52. The molecule has 7 nitrogen and oxygen atoms in total. The molecule has 2 amide bonds. The fraction of sp³-hybridized carbons (Fsp3) is 0.167. The highest BCUT2D eigenvalue weighted by Crippen LogP contribution is 2.33. The summed E-state index contributed by atoms with van der Waals surface area (Å²) in [5.74, 6) is -1.70. The molecule has 0 aliphatic heterocycles. The van der Waals surface area contributed by atoms with Crippen molar-refractivity contribution in [2.24, 2.45) is 0 Å². The first-order chi connectivity index (χ1) is 13.5. The molecular weight excluding hydrogens is 418 g/mol. The topological polar surface area (TPSA) is 105 Å². The minimum absolute atomic E-state index is 0.177. The van der Waals surface area contributed by atoms with Crippen molar-refractivity contribution in [1.82, 2.24) is 15.6 Å². The minimum Gasteiger partial charge on any atom is -0.346 e. The van der Waals surface area contributed by atoms with Gasteiger partial charge in [0.2, 0.25) is 0 Å². The summed E-state index contributed by atoms with van der Waals surface area (Å²) in [5.41, 5.74) is 0.799. The van der Waals surface area contributed by atoms with Crippen LogP contribution in [-0.2, 0) is 26.0 Å². The van der Waals surface area contributed by atoms with Gasteiger partial charge in [-0.2, -0.15) is 0 Å². The van der Waals surface area contributed by atoms with Gasteiger partial charge in [-0.3, -0.25) is 14.6 Å². The fourth-order valence-electron chi connectivity index (χ4n) is 2.43. The summed E-state index contributed by atoms with van der Waals surface area (Å²) in [6.45, 7) is -0.0150. The van der Waals surface area contributed by atoms with Gasteiger partial charge in [0, 0.05) is 30.4 Å². The number of thiophene rings is 2. The van der Waals surface area contributed by atoms with Gasteiger partial charge in [0.25, 0.3) is 0 Å². The molecule has 0 radical (unpaired) electrons. The maximum absolute atomic E-state index is 12.9. The van der Waals surface area contributed by atoms with E-state index in [2.05, 4.69) is 15.6 Å². The molecule has 1 atom stereocenters. The lowest BCUT2D eigenvalue weighted by Gasteiger charge is -2.16. The molecule has 0 aliphatic carbocycles. The quantitative estimate of drug-likeness (QED) is 0.553. The molecule has 3 aromatic rings. The van der Waals surface area contributed by atoms with Crippen molar-refractivity contribution in [3.8, 4) is 0 Å². The van der Waals surface area contributed by atoms with Crippen LogP contribution in [0.4, 0.5) is 0 Å². The van der Waals surface area contributed by atoms with Crippen molar-refractivity contribution in [3.63, 3.8) is 0 Å². The number of nitrogens with one attached hydrogen (secondary N) is 2. The molecule has 0 spiro atoms. The van der Waals surface area contributed by atoms with Crippen LogP contribution in [0.2, 0.25) is 0 Å². The van der Waals surface area contributed by atoms with Gasteiger partial charge >= 0.3 is 11.8 Å². The lowest BCUT2D eigenvalue weighted by atomic mass is 10.3. The number of pyridine rings is 1. The number of hydrogen-bond acceptors (Lipinski definition) is 7. The summed E-state index contributed by atoms with van der Waals surface area (Å²) in [4.78, 5) is 28.6. The van der Waals surface area contributed by atoms with Crippen molar-refractivity contribution in [1.29, 1.82) is 0 Å². The van der Waals surface area contributed by atoms with Crippen LogP contribution >= 0.6 is 22.7 Å². The monoisotopic (exact) mass is 435 g/mol. The Labute approximate surface area is 170 Å². The first kappa shape index (κ1) is 20.2. The highest BCUT2D eigenvalue weighted by atomic mass is 32.2. The number of carbonyl (C=O) groups excluding carboxylic acids is 2. The van der Waals surface area contributed by atoms with Crippen molar-refractivity contribution >= 4 is 44.3 Å². The Morgan fingerprint density at radius 1 is 0.964 bits per heavy atom. The highest BCUT2D eigenvalue weighted by molar-refractivity contribution is 7.93. The molecule has 146 valence electrons. The zero-order valence-electron chi connectivity index (χ0n) is 14.6. The maximum Gasteiger partial charge on any atom is 0.309 e. The fourth-order valence-corrected chi connectivity index (χ4v) is 6.42. The Kier molecular flexibility index (Phi) is 6.55. The van der Waals surface area contributed by atoms with Crippen LogP contribution in [0.1, 0.15) is 15.7 Å². The molecule has 10 heteroatoms. The van der Waals surface area contributed by atoms with Gasteiger partial charge in [-0.25, -0.2) is 8.42 Å². The van der Waals surface area contributed by atoms with E-state index in [-0.39, 0.29) is 17.3 Å². The normalized spacial score (nSPS) is 12.3. The Morgan fingerprint density at radius 2 is 1.64 bits per heavy atom. The van der Waals surface area contributed by atoms with Crippen LogP contribution in [0.15, 0.2) is 63.8 Å². The van der Waals surface area contributed by atoms with Crippen molar-refractivity contribution in [2.45, 2.75) is 16.0 Å². The average Bonchev–Trinajstić information content (AvgIpc) is 3.41. The van der Waals surface area contributed by atoms with Crippen LogP contribution in [0, 0.1) is 0 Å². The summed E-state index contributed by atoms with van der Waals surface area (Å²) in [5, 5.41) is 7.45. The largest absolute Gasteiger partial charge is 0.346 e. The molecular formula is C18H17N3O4S3. The standard InChI is InChI=1S/C18H17N3O4S3/c22-17(20-11-13-5-7-19-8-6-13)18(23)21-12-15(14-3-1-9-26-14)28(24,25)16-4-2-10-27-16/h1-10,15H,11-12H2,(H,20,22)(H,21,23)/t15-/m0/s1. The molecule has 28 heavy (non-hydrogen) atoms. The van der Waals surface area contributed by atoms with Crippen molar-refractivity contribution < 1.29 is 18.0 Å². The van der Waals surface area contributed by atoms with Gasteiger partial charge in [0.15, 0.2) is 9.84 Å². The zero-order chi connectivity index (χ0) is 20.0. The number of aromatic nitrogens is 1. The maximum atomic E-state index is 12.9. The molecule has 3 rings (SSSR count). The van der Waals surface area contributed by atoms with E-state index in [9.17, 15) is 18.0 Å². The summed E-state index contributed by atoms with van der Waals surface area (Å²) in [7, 11) is -3.68. The summed E-state index contributed by atoms with van der Waals surface area (Å²) < 4.78 is 26.1. The van der Waals surface area contributed by atoms with E-state index in [1.54, 1.807) is 53.5 Å². The van der Waals surface area contributed by atoms with Crippen LogP contribution in [0.3, 0.4) is 0 Å². The number of nitrogens with zero attached hydrogens (tertiary/aromatic N) is 1. The predicted octanol–water partition coefficient (Wildman–Crippen LogP) is 2.15. The smallest absolute Gasteiger partial charge is 0.309 e. The van der Waals surface area contributed by atoms with Crippen molar-refractivity contribution in [3.05, 3.63) is 70.0 Å². The number of sulfone groups is 1. The van der Waals surface area contributed by atoms with Crippen LogP contribution in [0.5, 0.6) is 0 Å². The summed E-state index contributed by atoms with van der Waals surface area (Å²) >= 11 is 2.41. The Hall–Kier alpha value is -2.56. The molecule has 3 aromatic heterocycles. The van der Waals surface area contributed by atoms with E-state index in [0.717, 1.165) is 16.9 Å². The number of rotatable bonds is 7. The second-order valence-electron chi connectivity index (χ2n) is 5.73. The molecule has 0 aliphatic rings. The van der Waals surface area contributed by atoms with Crippen molar-refractivity contribution in [2.75, 3.05) is 6.54 Å². The molecule has 0 unspecified atom stereocenters. The SMILES string of the molecule is O=C(NCc1ccncc1)C(=O)NC[C@@H](c1cccs1)S(=O)(=O)c1cccs1. The van der Waals surface area contributed by atoms with Crippen LogP contribution in [-0.4, -0.2) is 31.8 Å². The first-order valence-electron chi connectivity index (χ1n) is 8.24. The second-order valence-corrected chi connectivity index (χ2v) is 10.0. The van der Waals surface area contributed by atoms with Crippen LogP contribution < -0.4 is 10.6 Å². The second kappa shape index (κ2) is 9.09. The molecule has 2 N–H and O–H groups in total. The van der Waals surface area contributed by atoms with Crippen LogP contribution in [0.25, 0.3) is 0 Å². The third kappa shape index (κ3) is 4.83. The van der Waals surface area contributed by atoms with E-state index in [0.29, 0.717) is 4.88 Å². The van der Waals surface area contributed by atoms with E-state index >= 15 is 0 Å². The molecule has 0 bridgehead atoms. The van der Waals surface area contributed by atoms with Gasteiger partial charge in [-0.15, -0.1) is 22.7 Å². The van der Waals surface area contributed by atoms with E-state index in [1.165, 1.54) is 17.4 Å². The summed E-state index contributed by atoms with van der Waals surface area (Å²) in [6.07, 6.45) is 3.17. The molecule has 3 heterocycles. The molecule has 0 saturated heterocycles. The average molecular weight is 436 g/mol. The molecule has 0 saturated carbocycles. The Bertz CT molecular complexity index is 1020. The molecule has 0 aromatic carbocycles. The Morgan fingerprint density at radius 3 is 2.29 bits per heavy atom. The lowest BCUT2D eigenvalue weighted by molar-refractivity contribution is -0.139. The number of hydrogen-bond donors (Lipinski definition) is 2. The van der Waals surface area contributed by atoms with Gasteiger partial charge in [-0.1, -0.05) is 12.1 Å². The third-order valence-electron chi connectivity index (χ3n) is 3.87. The number of carbonyl (C=O) groups is 2. The zero-order valence-corrected chi connectivity index (χ0v) is 17.0. The van der Waals surface area contributed by atoms with Gasteiger partial charge in [0.05, 0.1) is 0 Å².